The van der Waals surface area contributed by atoms with Crippen molar-refractivity contribution in [2.45, 2.75) is 30.8 Å². The summed E-state index contributed by atoms with van der Waals surface area (Å²) in [5.41, 5.74) is 3.89. The highest BCUT2D eigenvalue weighted by Crippen LogP contribution is 2.39. The van der Waals surface area contributed by atoms with E-state index in [-0.39, 0.29) is 23.8 Å². The van der Waals surface area contributed by atoms with Crippen LogP contribution in [0.1, 0.15) is 29.5 Å². The lowest BCUT2D eigenvalue weighted by atomic mass is 10.1. The van der Waals surface area contributed by atoms with E-state index in [0.717, 1.165) is 22.3 Å². The quantitative estimate of drug-likeness (QED) is 0.330. The molecule has 0 aliphatic carbocycles. The van der Waals surface area contributed by atoms with E-state index in [2.05, 4.69) is 4.98 Å². The molecule has 0 bridgehead atoms. The summed E-state index contributed by atoms with van der Waals surface area (Å²) in [5, 5.41) is 0. The summed E-state index contributed by atoms with van der Waals surface area (Å²) in [5.74, 6) is 0.0836. The van der Waals surface area contributed by atoms with Crippen LogP contribution in [0.4, 0.5) is 5.69 Å². The van der Waals surface area contributed by atoms with E-state index in [0.29, 0.717) is 17.9 Å². The SMILES string of the molecule is COC(=O)CC[C@H]1CN(S(=O)(=O)c2cccc(C)c2)c2cc(/C=C/c3cccn4ccnc34)ccc2O1. The fourth-order valence-electron chi connectivity index (χ4n) is 4.38. The van der Waals surface area contributed by atoms with Crippen LogP contribution >= 0.6 is 0 Å². The van der Waals surface area contributed by atoms with Crippen molar-refractivity contribution in [3.05, 3.63) is 89.9 Å². The Morgan fingerprint density at radius 1 is 1.14 bits per heavy atom. The molecule has 0 spiro atoms. The zero-order valence-corrected chi connectivity index (χ0v) is 21.4. The Bertz CT molecular complexity index is 1590. The average molecular weight is 518 g/mol. The first-order valence-corrected chi connectivity index (χ1v) is 13.4. The second-order valence-electron chi connectivity index (χ2n) is 8.89. The van der Waals surface area contributed by atoms with Gasteiger partial charge in [-0.05, 0) is 60.9 Å². The van der Waals surface area contributed by atoms with Crippen LogP contribution < -0.4 is 9.04 Å². The highest BCUT2D eigenvalue weighted by atomic mass is 32.2. The smallest absolute Gasteiger partial charge is 0.305 e. The fraction of sp³-hybridized carbons (Fsp3) is 0.214. The normalized spacial score (nSPS) is 15.5. The summed E-state index contributed by atoms with van der Waals surface area (Å²) in [6.07, 6.45) is 9.40. The van der Waals surface area contributed by atoms with Crippen LogP contribution in [0.25, 0.3) is 17.8 Å². The molecule has 1 aliphatic heterocycles. The second kappa shape index (κ2) is 10.1. The zero-order valence-electron chi connectivity index (χ0n) is 20.6. The van der Waals surface area contributed by atoms with E-state index in [1.54, 1.807) is 36.5 Å². The number of aryl methyl sites for hydroxylation is 1. The number of nitrogens with zero attached hydrogens (tertiary/aromatic N) is 3. The van der Waals surface area contributed by atoms with Crippen LogP contribution in [0.3, 0.4) is 0 Å². The first-order chi connectivity index (χ1) is 17.8. The Morgan fingerprint density at radius 2 is 2.00 bits per heavy atom. The summed E-state index contributed by atoms with van der Waals surface area (Å²) >= 11 is 0. The Kier molecular flexibility index (Phi) is 6.71. The predicted molar refractivity (Wildman–Crippen MR) is 142 cm³/mol. The number of esters is 1. The highest BCUT2D eigenvalue weighted by molar-refractivity contribution is 7.92. The van der Waals surface area contributed by atoms with Crippen molar-refractivity contribution in [1.82, 2.24) is 9.38 Å². The summed E-state index contributed by atoms with van der Waals surface area (Å²) in [7, 11) is -2.55. The van der Waals surface area contributed by atoms with Gasteiger partial charge in [0.05, 0.1) is 24.2 Å². The summed E-state index contributed by atoms with van der Waals surface area (Å²) in [6, 6.07) is 16.2. The van der Waals surface area contributed by atoms with Crippen LogP contribution in [0.5, 0.6) is 5.75 Å². The summed E-state index contributed by atoms with van der Waals surface area (Å²) < 4.78 is 41.8. The van der Waals surface area contributed by atoms with Crippen molar-refractivity contribution in [2.24, 2.45) is 0 Å². The Hall–Kier alpha value is -4.11. The minimum absolute atomic E-state index is 0.0841. The molecular weight excluding hydrogens is 490 g/mol. The van der Waals surface area contributed by atoms with E-state index in [4.69, 9.17) is 9.47 Å². The summed E-state index contributed by atoms with van der Waals surface area (Å²) in [4.78, 5) is 16.3. The van der Waals surface area contributed by atoms with Crippen LogP contribution in [-0.4, -0.2) is 43.5 Å². The number of methoxy groups -OCH3 is 1. The molecule has 9 heteroatoms. The molecule has 0 N–H and O–H groups in total. The van der Waals surface area contributed by atoms with Gasteiger partial charge in [0.15, 0.2) is 0 Å². The summed E-state index contributed by atoms with van der Waals surface area (Å²) in [6.45, 7) is 1.94. The van der Waals surface area contributed by atoms with Gasteiger partial charge in [-0.25, -0.2) is 13.4 Å². The standard InChI is InChI=1S/C28H27N3O5S/c1-20-5-3-7-24(17-20)37(33,34)31-19-23(11-13-27(32)35-2)36-26-12-9-21(18-25(26)31)8-10-22-6-4-15-30-16-14-29-28(22)30/h3-10,12,14-18,23H,11,13,19H2,1-2H3/b10-8+/t23-/m0/s1. The molecule has 0 fully saturated rings. The molecule has 0 saturated carbocycles. The second-order valence-corrected chi connectivity index (χ2v) is 10.8. The van der Waals surface area contributed by atoms with E-state index in [9.17, 15) is 13.2 Å². The van der Waals surface area contributed by atoms with Gasteiger partial charge in [0.2, 0.25) is 0 Å². The number of imidazole rings is 1. The van der Waals surface area contributed by atoms with E-state index < -0.39 is 16.1 Å². The molecule has 0 saturated heterocycles. The number of aromatic nitrogens is 2. The fourth-order valence-corrected chi connectivity index (χ4v) is 5.99. The van der Waals surface area contributed by atoms with Gasteiger partial charge in [0.1, 0.15) is 17.5 Å². The van der Waals surface area contributed by atoms with Crippen molar-refractivity contribution in [3.63, 3.8) is 0 Å². The van der Waals surface area contributed by atoms with Crippen LogP contribution in [0.2, 0.25) is 0 Å². The lowest BCUT2D eigenvalue weighted by Crippen LogP contribution is -2.43. The number of carbonyl (C=O) groups is 1. The lowest BCUT2D eigenvalue weighted by Gasteiger charge is -2.35. The number of sulfonamides is 1. The van der Waals surface area contributed by atoms with Gasteiger partial charge in [-0.3, -0.25) is 9.10 Å². The maximum absolute atomic E-state index is 13.8. The van der Waals surface area contributed by atoms with Gasteiger partial charge >= 0.3 is 5.97 Å². The molecule has 8 nitrogen and oxygen atoms in total. The molecule has 3 heterocycles. The Morgan fingerprint density at radius 3 is 2.81 bits per heavy atom. The van der Waals surface area contributed by atoms with Gasteiger partial charge < -0.3 is 13.9 Å². The van der Waals surface area contributed by atoms with Gasteiger partial charge in [-0.15, -0.1) is 0 Å². The molecule has 2 aromatic heterocycles. The third-order valence-electron chi connectivity index (χ3n) is 6.30. The number of pyridine rings is 1. The maximum Gasteiger partial charge on any atom is 0.305 e. The number of fused-ring (bicyclic) bond motifs is 2. The minimum atomic E-state index is -3.88. The maximum atomic E-state index is 13.8. The van der Waals surface area contributed by atoms with Gasteiger partial charge in [-0.1, -0.05) is 30.4 Å². The number of anilines is 1. The molecule has 0 amide bonds. The predicted octanol–water partition coefficient (Wildman–Crippen LogP) is 4.72. The van der Waals surface area contributed by atoms with E-state index in [1.807, 2.05) is 60.1 Å². The molecule has 0 radical (unpaired) electrons. The lowest BCUT2D eigenvalue weighted by molar-refractivity contribution is -0.141. The van der Waals surface area contributed by atoms with Crippen LogP contribution in [0, 0.1) is 6.92 Å². The topological polar surface area (TPSA) is 90.2 Å². The third kappa shape index (κ3) is 5.08. The molecular formula is C28H27N3O5S. The van der Waals surface area contributed by atoms with E-state index >= 15 is 0 Å². The number of carbonyl (C=O) groups excluding carboxylic acids is 1. The van der Waals surface area contributed by atoms with Crippen molar-refractivity contribution < 1.29 is 22.7 Å². The van der Waals surface area contributed by atoms with E-state index in [1.165, 1.54) is 11.4 Å². The highest BCUT2D eigenvalue weighted by Gasteiger charge is 2.35. The van der Waals surface area contributed by atoms with Crippen LogP contribution in [0.15, 0.2) is 78.1 Å². The molecule has 4 aromatic rings. The van der Waals surface area contributed by atoms with Crippen molar-refractivity contribution >= 4 is 39.5 Å². The van der Waals surface area contributed by atoms with Crippen LogP contribution in [-0.2, 0) is 19.6 Å². The molecule has 37 heavy (non-hydrogen) atoms. The van der Waals surface area contributed by atoms with Crippen molar-refractivity contribution in [1.29, 1.82) is 0 Å². The molecule has 1 atom stereocenters. The first kappa shape index (κ1) is 24.6. The molecule has 0 unspecified atom stereocenters. The largest absolute Gasteiger partial charge is 0.486 e. The molecule has 5 rings (SSSR count). The van der Waals surface area contributed by atoms with Crippen molar-refractivity contribution in [2.75, 3.05) is 18.0 Å². The number of hydrogen-bond acceptors (Lipinski definition) is 6. The van der Waals surface area contributed by atoms with Crippen molar-refractivity contribution in [3.8, 4) is 5.75 Å². The van der Waals surface area contributed by atoms with Gasteiger partial charge in [0, 0.05) is 30.6 Å². The van der Waals surface area contributed by atoms with Gasteiger partial charge in [0.25, 0.3) is 10.0 Å². The zero-order chi connectivity index (χ0) is 26.0. The molecule has 1 aliphatic rings. The molecule has 2 aromatic carbocycles. The number of rotatable bonds is 7. The number of benzene rings is 2. The monoisotopic (exact) mass is 517 g/mol. The number of ether oxygens (including phenoxy) is 2. The third-order valence-corrected chi connectivity index (χ3v) is 8.07. The Balaban J connectivity index is 1.51. The number of hydrogen-bond donors (Lipinski definition) is 0. The average Bonchev–Trinajstić information content (AvgIpc) is 3.39. The Labute approximate surface area is 215 Å². The van der Waals surface area contributed by atoms with Gasteiger partial charge in [-0.2, -0.15) is 0 Å². The molecule has 190 valence electrons. The minimum Gasteiger partial charge on any atom is -0.486 e. The first-order valence-electron chi connectivity index (χ1n) is 11.9.